The quantitative estimate of drug-likeness (QED) is 0.684. The summed E-state index contributed by atoms with van der Waals surface area (Å²) in [4.78, 5) is 12.4. The average molecular weight is 403 g/mol. The number of hydrogen-bond donors (Lipinski definition) is 1. The Morgan fingerprint density at radius 2 is 1.86 bits per heavy atom. The van der Waals surface area contributed by atoms with Crippen LogP contribution >= 0.6 is 0 Å². The number of nitrogens with zero attached hydrogens (tertiary/aromatic N) is 1. The normalized spacial score (nSPS) is 11.8. The van der Waals surface area contributed by atoms with Gasteiger partial charge in [0.1, 0.15) is 5.75 Å². The van der Waals surface area contributed by atoms with Gasteiger partial charge in [-0.25, -0.2) is 8.42 Å². The van der Waals surface area contributed by atoms with Crippen molar-refractivity contribution in [3.05, 3.63) is 59.7 Å². The van der Waals surface area contributed by atoms with Crippen molar-refractivity contribution in [2.75, 3.05) is 25.5 Å². The fourth-order valence-electron chi connectivity index (χ4n) is 2.78. The minimum Gasteiger partial charge on any atom is -0.495 e. The molecule has 150 valence electrons. The van der Waals surface area contributed by atoms with Crippen LogP contribution in [0.15, 0.2) is 53.4 Å². The maximum Gasteiger partial charge on any atom is 0.248 e. The summed E-state index contributed by atoms with van der Waals surface area (Å²) < 4.78 is 32.1. The zero-order chi connectivity index (χ0) is 20.7. The number of benzene rings is 2. The second kappa shape index (κ2) is 9.52. The monoisotopic (exact) mass is 402 g/mol. The molecule has 0 heterocycles. The van der Waals surface area contributed by atoms with Gasteiger partial charge in [0.15, 0.2) is 0 Å². The summed E-state index contributed by atoms with van der Waals surface area (Å²) >= 11 is 0. The Kier molecular flexibility index (Phi) is 7.37. The number of anilines is 1. The van der Waals surface area contributed by atoms with E-state index < -0.39 is 10.0 Å². The van der Waals surface area contributed by atoms with E-state index in [2.05, 4.69) is 5.32 Å². The highest BCUT2D eigenvalue weighted by Crippen LogP contribution is 2.29. The van der Waals surface area contributed by atoms with Gasteiger partial charge in [-0.3, -0.25) is 4.79 Å². The van der Waals surface area contributed by atoms with E-state index in [-0.39, 0.29) is 10.8 Å². The standard InChI is InChI=1S/C21H26N2O4S/c1-5-23(6-2)28(25,26)18-11-12-20(27-4)19(15-18)22-21(24)13-10-17-9-7-8-16(3)14-17/h7-15H,5-6H2,1-4H3,(H,22,24)/b13-10+. The second-order valence-corrected chi connectivity index (χ2v) is 8.13. The maximum absolute atomic E-state index is 12.7. The molecule has 0 spiro atoms. The Morgan fingerprint density at radius 3 is 2.46 bits per heavy atom. The first-order chi connectivity index (χ1) is 13.3. The van der Waals surface area contributed by atoms with Crippen LogP contribution in [0.5, 0.6) is 5.75 Å². The molecule has 2 rings (SSSR count). The molecular weight excluding hydrogens is 376 g/mol. The molecule has 0 saturated carbocycles. The smallest absolute Gasteiger partial charge is 0.248 e. The summed E-state index contributed by atoms with van der Waals surface area (Å²) in [6.45, 7) is 6.27. The molecule has 0 aromatic heterocycles. The minimum absolute atomic E-state index is 0.106. The van der Waals surface area contributed by atoms with Crippen LogP contribution in [0.3, 0.4) is 0 Å². The molecule has 0 aliphatic carbocycles. The van der Waals surface area contributed by atoms with Crippen molar-refractivity contribution in [3.63, 3.8) is 0 Å². The lowest BCUT2D eigenvalue weighted by Gasteiger charge is -2.19. The van der Waals surface area contributed by atoms with Crippen molar-refractivity contribution in [2.24, 2.45) is 0 Å². The Labute approximate surface area is 166 Å². The van der Waals surface area contributed by atoms with Gasteiger partial charge in [-0.2, -0.15) is 4.31 Å². The number of sulfonamides is 1. The molecule has 0 atom stereocenters. The van der Waals surface area contributed by atoms with Crippen LogP contribution in [0.4, 0.5) is 5.69 Å². The summed E-state index contributed by atoms with van der Waals surface area (Å²) in [7, 11) is -2.17. The number of rotatable bonds is 8. The van der Waals surface area contributed by atoms with Crippen molar-refractivity contribution < 1.29 is 17.9 Å². The third-order valence-electron chi connectivity index (χ3n) is 4.24. The lowest BCUT2D eigenvalue weighted by Crippen LogP contribution is -2.30. The van der Waals surface area contributed by atoms with E-state index >= 15 is 0 Å². The van der Waals surface area contributed by atoms with Crippen molar-refractivity contribution in [2.45, 2.75) is 25.7 Å². The van der Waals surface area contributed by atoms with E-state index in [1.54, 1.807) is 19.9 Å². The molecule has 6 nitrogen and oxygen atoms in total. The highest BCUT2D eigenvalue weighted by Gasteiger charge is 2.23. The number of amides is 1. The second-order valence-electron chi connectivity index (χ2n) is 6.19. The Hall–Kier alpha value is -2.64. The predicted molar refractivity (Wildman–Crippen MR) is 112 cm³/mol. The van der Waals surface area contributed by atoms with Crippen molar-refractivity contribution >= 4 is 27.7 Å². The Morgan fingerprint density at radius 1 is 1.14 bits per heavy atom. The molecule has 0 radical (unpaired) electrons. The summed E-state index contributed by atoms with van der Waals surface area (Å²) in [5.74, 6) is 0.00740. The Bertz CT molecular complexity index is 964. The van der Waals surface area contributed by atoms with Gasteiger partial charge in [0, 0.05) is 19.2 Å². The van der Waals surface area contributed by atoms with E-state index in [1.807, 2.05) is 31.2 Å². The predicted octanol–water partition coefficient (Wildman–Crippen LogP) is 3.69. The highest BCUT2D eigenvalue weighted by atomic mass is 32.2. The molecule has 0 fully saturated rings. The van der Waals surface area contributed by atoms with Gasteiger partial charge in [0.25, 0.3) is 0 Å². The number of hydrogen-bond acceptors (Lipinski definition) is 4. The molecule has 2 aromatic carbocycles. The fourth-order valence-corrected chi connectivity index (χ4v) is 4.26. The Balaban J connectivity index is 2.28. The number of aryl methyl sites for hydroxylation is 1. The maximum atomic E-state index is 12.7. The average Bonchev–Trinajstić information content (AvgIpc) is 2.67. The molecule has 0 bridgehead atoms. The number of methoxy groups -OCH3 is 1. The number of carbonyl (C=O) groups is 1. The summed E-state index contributed by atoms with van der Waals surface area (Å²) in [6.07, 6.45) is 3.10. The topological polar surface area (TPSA) is 75.7 Å². The van der Waals surface area contributed by atoms with Crippen molar-refractivity contribution in [1.82, 2.24) is 4.31 Å². The number of carbonyl (C=O) groups excluding carboxylic acids is 1. The number of nitrogens with one attached hydrogen (secondary N) is 1. The zero-order valence-corrected chi connectivity index (χ0v) is 17.4. The molecule has 28 heavy (non-hydrogen) atoms. The van der Waals surface area contributed by atoms with Crippen LogP contribution in [0.2, 0.25) is 0 Å². The third kappa shape index (κ3) is 5.21. The summed E-state index contributed by atoms with van der Waals surface area (Å²) in [5, 5.41) is 2.70. The van der Waals surface area contributed by atoms with Gasteiger partial charge >= 0.3 is 0 Å². The van der Waals surface area contributed by atoms with Crippen LogP contribution in [-0.2, 0) is 14.8 Å². The van der Waals surface area contributed by atoms with Gasteiger partial charge in [0.05, 0.1) is 17.7 Å². The first kappa shape index (κ1) is 21.7. The largest absolute Gasteiger partial charge is 0.495 e. The van der Waals surface area contributed by atoms with Crippen LogP contribution in [-0.4, -0.2) is 38.8 Å². The molecule has 1 N–H and O–H groups in total. The van der Waals surface area contributed by atoms with E-state index in [0.717, 1.165) is 11.1 Å². The fraction of sp³-hybridized carbons (Fsp3) is 0.286. The van der Waals surface area contributed by atoms with E-state index in [4.69, 9.17) is 4.74 Å². The molecular formula is C21H26N2O4S. The molecule has 1 amide bonds. The minimum atomic E-state index is -3.64. The SMILES string of the molecule is CCN(CC)S(=O)(=O)c1ccc(OC)c(NC(=O)/C=C/c2cccc(C)c2)c1. The van der Waals surface area contributed by atoms with Gasteiger partial charge in [-0.05, 0) is 36.8 Å². The first-order valence-electron chi connectivity index (χ1n) is 9.05. The van der Waals surface area contributed by atoms with Crippen LogP contribution in [0.25, 0.3) is 6.08 Å². The van der Waals surface area contributed by atoms with Crippen LogP contribution in [0, 0.1) is 6.92 Å². The van der Waals surface area contributed by atoms with E-state index in [9.17, 15) is 13.2 Å². The molecule has 0 aliphatic rings. The molecule has 2 aromatic rings. The van der Waals surface area contributed by atoms with Gasteiger partial charge < -0.3 is 10.1 Å². The van der Waals surface area contributed by atoms with E-state index in [0.29, 0.717) is 24.5 Å². The van der Waals surface area contributed by atoms with Gasteiger partial charge in [-0.1, -0.05) is 43.7 Å². The highest BCUT2D eigenvalue weighted by molar-refractivity contribution is 7.89. The van der Waals surface area contributed by atoms with Crippen molar-refractivity contribution in [3.8, 4) is 5.75 Å². The van der Waals surface area contributed by atoms with Crippen LogP contribution in [0.1, 0.15) is 25.0 Å². The third-order valence-corrected chi connectivity index (χ3v) is 6.29. The molecule has 0 aliphatic heterocycles. The zero-order valence-electron chi connectivity index (χ0n) is 16.6. The van der Waals surface area contributed by atoms with Gasteiger partial charge in [-0.15, -0.1) is 0 Å². The van der Waals surface area contributed by atoms with Crippen molar-refractivity contribution in [1.29, 1.82) is 0 Å². The first-order valence-corrected chi connectivity index (χ1v) is 10.5. The van der Waals surface area contributed by atoms with E-state index in [1.165, 1.54) is 35.7 Å². The van der Waals surface area contributed by atoms with Crippen LogP contribution < -0.4 is 10.1 Å². The summed E-state index contributed by atoms with van der Waals surface area (Å²) in [6, 6.07) is 12.2. The molecule has 0 unspecified atom stereocenters. The molecule has 7 heteroatoms. The molecule has 0 saturated heterocycles. The lowest BCUT2D eigenvalue weighted by atomic mass is 10.1. The number of ether oxygens (including phenoxy) is 1. The summed E-state index contributed by atoms with van der Waals surface area (Å²) in [5.41, 5.74) is 2.30. The lowest BCUT2D eigenvalue weighted by molar-refractivity contribution is -0.111. The van der Waals surface area contributed by atoms with Gasteiger partial charge in [0.2, 0.25) is 15.9 Å².